The summed E-state index contributed by atoms with van der Waals surface area (Å²) < 4.78 is 11.0. The van der Waals surface area contributed by atoms with Crippen molar-refractivity contribution >= 4 is 11.9 Å². The van der Waals surface area contributed by atoms with Crippen LogP contribution < -0.4 is 4.74 Å². The number of ketones is 1. The lowest BCUT2D eigenvalue weighted by atomic mass is 10.1. The number of para-hydroxylation sites is 1. The summed E-state index contributed by atoms with van der Waals surface area (Å²) in [5.74, 6) is 1.69. The molecular weight excluding hydrogens is 252 g/mol. The number of rotatable bonds is 5. The molecule has 1 heterocycles. The van der Waals surface area contributed by atoms with Gasteiger partial charge in [0.1, 0.15) is 11.5 Å². The SMILES string of the molecule is Cc1ccc(C(=O)C=Cc2ccccc2OC(C)C)o1. The van der Waals surface area contributed by atoms with Gasteiger partial charge >= 0.3 is 0 Å². The minimum atomic E-state index is -0.155. The first-order valence-corrected chi connectivity index (χ1v) is 6.61. The number of allylic oxidation sites excluding steroid dienone is 1. The molecular formula is C17H18O3. The topological polar surface area (TPSA) is 39.4 Å². The Bertz CT molecular complexity index is 621. The van der Waals surface area contributed by atoms with Gasteiger partial charge in [0.05, 0.1) is 6.10 Å². The zero-order valence-electron chi connectivity index (χ0n) is 11.9. The van der Waals surface area contributed by atoms with Crippen molar-refractivity contribution in [2.45, 2.75) is 26.9 Å². The van der Waals surface area contributed by atoms with Crippen LogP contribution in [-0.2, 0) is 0 Å². The van der Waals surface area contributed by atoms with E-state index in [-0.39, 0.29) is 11.9 Å². The number of hydrogen-bond acceptors (Lipinski definition) is 3. The number of carbonyl (C=O) groups is 1. The van der Waals surface area contributed by atoms with Crippen LogP contribution in [0.25, 0.3) is 6.08 Å². The largest absolute Gasteiger partial charge is 0.490 e. The lowest BCUT2D eigenvalue weighted by molar-refractivity contribution is 0.102. The summed E-state index contributed by atoms with van der Waals surface area (Å²) in [6.45, 7) is 5.75. The molecule has 0 aliphatic rings. The Balaban J connectivity index is 2.17. The number of ether oxygens (including phenoxy) is 1. The molecule has 1 aromatic heterocycles. The number of aryl methyl sites for hydroxylation is 1. The highest BCUT2D eigenvalue weighted by atomic mass is 16.5. The van der Waals surface area contributed by atoms with E-state index >= 15 is 0 Å². The molecule has 0 unspecified atom stereocenters. The fraction of sp³-hybridized carbons (Fsp3) is 0.235. The number of benzene rings is 1. The molecule has 1 aromatic carbocycles. The Morgan fingerprint density at radius 1 is 1.20 bits per heavy atom. The average molecular weight is 270 g/mol. The molecule has 2 rings (SSSR count). The molecule has 20 heavy (non-hydrogen) atoms. The zero-order chi connectivity index (χ0) is 14.5. The number of carbonyl (C=O) groups excluding carboxylic acids is 1. The lowest BCUT2D eigenvalue weighted by Gasteiger charge is -2.11. The van der Waals surface area contributed by atoms with Gasteiger partial charge in [-0.3, -0.25) is 4.79 Å². The normalized spacial score (nSPS) is 11.2. The fourth-order valence-electron chi connectivity index (χ4n) is 1.79. The summed E-state index contributed by atoms with van der Waals surface area (Å²) in [5, 5.41) is 0. The van der Waals surface area contributed by atoms with E-state index < -0.39 is 0 Å². The van der Waals surface area contributed by atoms with Crippen LogP contribution in [0.3, 0.4) is 0 Å². The second-order valence-electron chi connectivity index (χ2n) is 4.81. The van der Waals surface area contributed by atoms with Crippen molar-refractivity contribution in [1.29, 1.82) is 0 Å². The molecule has 3 heteroatoms. The highest BCUT2D eigenvalue weighted by molar-refractivity contribution is 6.05. The van der Waals surface area contributed by atoms with Gasteiger partial charge in [-0.05, 0) is 51.1 Å². The summed E-state index contributed by atoms with van der Waals surface area (Å²) >= 11 is 0. The minimum absolute atomic E-state index is 0.0907. The molecule has 0 saturated heterocycles. The molecule has 0 amide bonds. The first-order chi connectivity index (χ1) is 9.56. The van der Waals surface area contributed by atoms with Gasteiger partial charge < -0.3 is 9.15 Å². The van der Waals surface area contributed by atoms with Crippen molar-refractivity contribution in [2.75, 3.05) is 0 Å². The molecule has 104 valence electrons. The van der Waals surface area contributed by atoms with E-state index in [1.54, 1.807) is 18.2 Å². The van der Waals surface area contributed by atoms with Gasteiger partial charge in [-0.2, -0.15) is 0 Å². The van der Waals surface area contributed by atoms with Crippen LogP contribution in [-0.4, -0.2) is 11.9 Å². The van der Waals surface area contributed by atoms with Crippen molar-refractivity contribution < 1.29 is 13.9 Å². The standard InChI is InChI=1S/C17H18O3/c1-12(2)19-16-7-5-4-6-14(16)9-10-15(18)17-11-8-13(3)20-17/h4-12H,1-3H3. The average Bonchev–Trinajstić information content (AvgIpc) is 2.83. The molecule has 0 radical (unpaired) electrons. The molecule has 0 aliphatic carbocycles. The summed E-state index contributed by atoms with van der Waals surface area (Å²) in [4.78, 5) is 11.9. The van der Waals surface area contributed by atoms with Crippen LogP contribution in [0, 0.1) is 6.92 Å². The summed E-state index contributed by atoms with van der Waals surface area (Å²) in [7, 11) is 0. The highest BCUT2D eigenvalue weighted by Crippen LogP contribution is 2.21. The van der Waals surface area contributed by atoms with Crippen LogP contribution in [0.1, 0.15) is 35.7 Å². The van der Waals surface area contributed by atoms with Crippen LogP contribution >= 0.6 is 0 Å². The third-order valence-corrected chi connectivity index (χ3v) is 2.68. The lowest BCUT2D eigenvalue weighted by Crippen LogP contribution is -2.06. The molecule has 2 aromatic rings. The van der Waals surface area contributed by atoms with Gasteiger partial charge in [-0.25, -0.2) is 0 Å². The predicted molar refractivity (Wildman–Crippen MR) is 79.0 cm³/mol. The quantitative estimate of drug-likeness (QED) is 0.601. The van der Waals surface area contributed by atoms with Gasteiger partial charge in [0.25, 0.3) is 0 Å². The second kappa shape index (κ2) is 6.24. The predicted octanol–water partition coefficient (Wildman–Crippen LogP) is 4.27. The van der Waals surface area contributed by atoms with Gasteiger partial charge in [-0.1, -0.05) is 18.2 Å². The van der Waals surface area contributed by atoms with Crippen molar-refractivity contribution in [2.24, 2.45) is 0 Å². The highest BCUT2D eigenvalue weighted by Gasteiger charge is 2.07. The Morgan fingerprint density at radius 3 is 2.60 bits per heavy atom. The summed E-state index contributed by atoms with van der Waals surface area (Å²) in [5.41, 5.74) is 0.873. The van der Waals surface area contributed by atoms with Gasteiger partial charge in [0, 0.05) is 5.56 Å². The van der Waals surface area contributed by atoms with Crippen LogP contribution in [0.2, 0.25) is 0 Å². The van der Waals surface area contributed by atoms with E-state index in [9.17, 15) is 4.79 Å². The maximum atomic E-state index is 11.9. The first kappa shape index (κ1) is 14.1. The second-order valence-corrected chi connectivity index (χ2v) is 4.81. The molecule has 0 atom stereocenters. The van der Waals surface area contributed by atoms with Gasteiger partial charge in [0.15, 0.2) is 5.76 Å². The maximum absolute atomic E-state index is 11.9. The molecule has 0 aliphatic heterocycles. The molecule has 0 spiro atoms. The maximum Gasteiger partial charge on any atom is 0.221 e. The summed E-state index contributed by atoms with van der Waals surface area (Å²) in [6, 6.07) is 11.1. The van der Waals surface area contributed by atoms with Gasteiger partial charge in [-0.15, -0.1) is 0 Å². The van der Waals surface area contributed by atoms with Crippen LogP contribution in [0.15, 0.2) is 46.9 Å². The minimum Gasteiger partial charge on any atom is -0.490 e. The van der Waals surface area contributed by atoms with Crippen molar-refractivity contribution in [3.8, 4) is 5.75 Å². The Kier molecular flexibility index (Phi) is 4.41. The molecule has 0 N–H and O–H groups in total. The zero-order valence-corrected chi connectivity index (χ0v) is 11.9. The summed E-state index contributed by atoms with van der Waals surface area (Å²) in [6.07, 6.45) is 3.34. The van der Waals surface area contributed by atoms with Gasteiger partial charge in [0.2, 0.25) is 5.78 Å². The van der Waals surface area contributed by atoms with E-state index in [0.717, 1.165) is 17.1 Å². The van der Waals surface area contributed by atoms with E-state index in [4.69, 9.17) is 9.15 Å². The van der Waals surface area contributed by atoms with Crippen LogP contribution in [0.4, 0.5) is 0 Å². The fourth-order valence-corrected chi connectivity index (χ4v) is 1.79. The molecule has 0 saturated carbocycles. The van der Waals surface area contributed by atoms with Crippen molar-refractivity contribution in [3.05, 3.63) is 59.6 Å². The Labute approximate surface area is 118 Å². The van der Waals surface area contributed by atoms with E-state index in [2.05, 4.69) is 0 Å². The molecule has 0 bridgehead atoms. The first-order valence-electron chi connectivity index (χ1n) is 6.61. The third kappa shape index (κ3) is 3.60. The third-order valence-electron chi connectivity index (χ3n) is 2.68. The monoisotopic (exact) mass is 270 g/mol. The van der Waals surface area contributed by atoms with E-state index in [1.807, 2.05) is 45.0 Å². The van der Waals surface area contributed by atoms with Crippen LogP contribution in [0.5, 0.6) is 5.75 Å². The Hall–Kier alpha value is -2.29. The number of hydrogen-bond donors (Lipinski definition) is 0. The Morgan fingerprint density at radius 2 is 1.95 bits per heavy atom. The number of furan rings is 1. The van der Waals surface area contributed by atoms with E-state index in [1.165, 1.54) is 6.08 Å². The van der Waals surface area contributed by atoms with Crippen molar-refractivity contribution in [1.82, 2.24) is 0 Å². The smallest absolute Gasteiger partial charge is 0.221 e. The van der Waals surface area contributed by atoms with Crippen molar-refractivity contribution in [3.63, 3.8) is 0 Å². The molecule has 3 nitrogen and oxygen atoms in total. The molecule has 0 fully saturated rings. The van der Waals surface area contributed by atoms with E-state index in [0.29, 0.717) is 5.76 Å².